The summed E-state index contributed by atoms with van der Waals surface area (Å²) in [7, 11) is 0. The number of aromatic nitrogens is 3. The first-order chi connectivity index (χ1) is 12.3. The Kier molecular flexibility index (Phi) is 4.45. The molecular formula is C17H12F3N3O3. The Labute approximate surface area is 145 Å². The number of hydrogen-bond donors (Lipinski definition) is 0. The molecule has 26 heavy (non-hydrogen) atoms. The van der Waals surface area contributed by atoms with Gasteiger partial charge in [-0.1, -0.05) is 17.7 Å². The zero-order valence-corrected chi connectivity index (χ0v) is 13.7. The second kappa shape index (κ2) is 6.58. The maximum atomic E-state index is 12.4. The van der Waals surface area contributed by atoms with E-state index in [0.717, 1.165) is 11.1 Å². The second-order valence-electron chi connectivity index (χ2n) is 5.47. The van der Waals surface area contributed by atoms with Crippen molar-refractivity contribution in [3.63, 3.8) is 0 Å². The Balaban J connectivity index is 1.98. The molecule has 0 saturated carbocycles. The van der Waals surface area contributed by atoms with Gasteiger partial charge in [0.05, 0.1) is 0 Å². The van der Waals surface area contributed by atoms with Gasteiger partial charge >= 0.3 is 12.1 Å². The molecule has 0 aliphatic carbocycles. The van der Waals surface area contributed by atoms with Crippen molar-refractivity contribution in [2.24, 2.45) is 0 Å². The monoisotopic (exact) mass is 363 g/mol. The minimum absolute atomic E-state index is 0.0193. The van der Waals surface area contributed by atoms with Crippen LogP contribution < -0.4 is 4.74 Å². The van der Waals surface area contributed by atoms with Gasteiger partial charge in [-0.15, -0.1) is 10.2 Å². The number of carbonyl (C=O) groups excluding carboxylic acids is 1. The summed E-state index contributed by atoms with van der Waals surface area (Å²) in [4.78, 5) is 14.7. The van der Waals surface area contributed by atoms with E-state index in [1.165, 1.54) is 18.3 Å². The minimum atomic E-state index is -5.15. The Bertz CT molecular complexity index is 967. The second-order valence-corrected chi connectivity index (χ2v) is 5.47. The van der Waals surface area contributed by atoms with Gasteiger partial charge in [-0.3, -0.25) is 0 Å². The molecule has 0 aliphatic rings. The van der Waals surface area contributed by atoms with E-state index in [2.05, 4.69) is 19.9 Å². The van der Waals surface area contributed by atoms with Gasteiger partial charge in [0.2, 0.25) is 11.8 Å². The van der Waals surface area contributed by atoms with Crippen molar-refractivity contribution in [1.29, 1.82) is 0 Å². The lowest BCUT2D eigenvalue weighted by Gasteiger charge is -2.08. The van der Waals surface area contributed by atoms with Gasteiger partial charge in [-0.2, -0.15) is 13.2 Å². The lowest BCUT2D eigenvalue weighted by molar-refractivity contribution is -0.189. The molecule has 2 aromatic heterocycles. The van der Waals surface area contributed by atoms with Crippen LogP contribution >= 0.6 is 0 Å². The van der Waals surface area contributed by atoms with Crippen molar-refractivity contribution < 1.29 is 27.1 Å². The molecule has 0 aliphatic heterocycles. The predicted octanol–water partition coefficient (Wildman–Crippen LogP) is 3.88. The van der Waals surface area contributed by atoms with Gasteiger partial charge < -0.3 is 9.15 Å². The molecular weight excluding hydrogens is 351 g/mol. The van der Waals surface area contributed by atoms with Gasteiger partial charge in [0.15, 0.2) is 0 Å². The van der Waals surface area contributed by atoms with Crippen LogP contribution in [0, 0.1) is 13.8 Å². The molecule has 0 amide bonds. The van der Waals surface area contributed by atoms with Crippen LogP contribution in [0.3, 0.4) is 0 Å². The molecule has 1 aromatic carbocycles. The van der Waals surface area contributed by atoms with Gasteiger partial charge in [0, 0.05) is 11.8 Å². The van der Waals surface area contributed by atoms with E-state index >= 15 is 0 Å². The van der Waals surface area contributed by atoms with Crippen LogP contribution in [0.2, 0.25) is 0 Å². The third-order valence-electron chi connectivity index (χ3n) is 3.47. The standard InChI is InChI=1S/C17H12F3N3O3/c1-9-5-6-10(2)12(8-9)15-23-22-14(25-15)11-4-3-7-21-13(11)26-16(24)17(18,19)20/h3-8H,1-2H3. The number of nitrogens with zero attached hydrogens (tertiary/aromatic N) is 3. The first-order valence-electron chi connectivity index (χ1n) is 7.41. The SMILES string of the molecule is Cc1ccc(C)c(-c2nnc(-c3cccnc3OC(=O)C(F)(F)F)o2)c1. The molecule has 3 aromatic rings. The summed E-state index contributed by atoms with van der Waals surface area (Å²) in [6, 6.07) is 8.47. The maximum absolute atomic E-state index is 12.4. The fraction of sp³-hybridized carbons (Fsp3) is 0.176. The highest BCUT2D eigenvalue weighted by atomic mass is 19.4. The molecule has 3 rings (SSSR count). The lowest BCUT2D eigenvalue weighted by Crippen LogP contribution is -2.28. The summed E-state index contributed by atoms with van der Waals surface area (Å²) in [5.74, 6) is -2.87. The third-order valence-corrected chi connectivity index (χ3v) is 3.47. The summed E-state index contributed by atoms with van der Waals surface area (Å²) < 4.78 is 47.2. The van der Waals surface area contributed by atoms with E-state index in [1.54, 1.807) is 0 Å². The summed E-state index contributed by atoms with van der Waals surface area (Å²) in [5, 5.41) is 7.76. The average Bonchev–Trinajstić information content (AvgIpc) is 3.06. The smallest absolute Gasteiger partial charge is 0.416 e. The first kappa shape index (κ1) is 17.6. The van der Waals surface area contributed by atoms with Crippen molar-refractivity contribution in [2.45, 2.75) is 20.0 Å². The molecule has 0 N–H and O–H groups in total. The molecule has 0 spiro atoms. The fourth-order valence-electron chi connectivity index (χ4n) is 2.19. The number of ether oxygens (including phenoxy) is 1. The van der Waals surface area contributed by atoms with Gasteiger partial charge in [-0.05, 0) is 37.6 Å². The van der Waals surface area contributed by atoms with E-state index in [4.69, 9.17) is 4.42 Å². The van der Waals surface area contributed by atoms with Crippen LogP contribution in [0.25, 0.3) is 22.9 Å². The Morgan fingerprint density at radius 2 is 1.77 bits per heavy atom. The Morgan fingerprint density at radius 1 is 1.08 bits per heavy atom. The largest absolute Gasteiger partial charge is 0.491 e. The maximum Gasteiger partial charge on any atom is 0.491 e. The van der Waals surface area contributed by atoms with Crippen molar-refractivity contribution in [3.05, 3.63) is 47.7 Å². The summed E-state index contributed by atoms with van der Waals surface area (Å²) >= 11 is 0. The molecule has 134 valence electrons. The summed E-state index contributed by atoms with van der Waals surface area (Å²) in [6.07, 6.45) is -3.96. The minimum Gasteiger partial charge on any atom is -0.416 e. The van der Waals surface area contributed by atoms with E-state index in [1.807, 2.05) is 32.0 Å². The molecule has 0 atom stereocenters. The van der Waals surface area contributed by atoms with E-state index < -0.39 is 18.0 Å². The number of halogens is 3. The van der Waals surface area contributed by atoms with Crippen molar-refractivity contribution in [2.75, 3.05) is 0 Å². The molecule has 9 heteroatoms. The van der Waals surface area contributed by atoms with Gasteiger partial charge in [-0.25, -0.2) is 9.78 Å². The topological polar surface area (TPSA) is 78.1 Å². The van der Waals surface area contributed by atoms with Crippen molar-refractivity contribution in [3.8, 4) is 28.8 Å². The number of rotatable bonds is 3. The summed E-state index contributed by atoms with van der Waals surface area (Å²) in [5.41, 5.74) is 2.54. The van der Waals surface area contributed by atoms with Crippen LogP contribution in [0.1, 0.15) is 11.1 Å². The van der Waals surface area contributed by atoms with Crippen LogP contribution in [0.5, 0.6) is 5.88 Å². The van der Waals surface area contributed by atoms with Crippen molar-refractivity contribution >= 4 is 5.97 Å². The number of esters is 1. The van der Waals surface area contributed by atoms with Gasteiger partial charge in [0.25, 0.3) is 5.89 Å². The quantitative estimate of drug-likeness (QED) is 0.657. The fourth-order valence-corrected chi connectivity index (χ4v) is 2.19. The van der Waals surface area contributed by atoms with Crippen LogP contribution in [0.15, 0.2) is 40.9 Å². The molecule has 0 fully saturated rings. The number of pyridine rings is 1. The van der Waals surface area contributed by atoms with E-state index in [-0.39, 0.29) is 17.3 Å². The normalized spacial score (nSPS) is 11.4. The molecule has 0 radical (unpaired) electrons. The highest BCUT2D eigenvalue weighted by Gasteiger charge is 2.42. The van der Waals surface area contributed by atoms with E-state index in [0.29, 0.717) is 5.56 Å². The summed E-state index contributed by atoms with van der Waals surface area (Å²) in [6.45, 7) is 3.76. The number of aryl methyl sites for hydroxylation is 2. The Hall–Kier alpha value is -3.23. The molecule has 0 unspecified atom stereocenters. The third kappa shape index (κ3) is 3.56. The zero-order valence-electron chi connectivity index (χ0n) is 13.7. The predicted molar refractivity (Wildman–Crippen MR) is 84.1 cm³/mol. The van der Waals surface area contributed by atoms with Crippen LogP contribution in [-0.2, 0) is 4.79 Å². The first-order valence-corrected chi connectivity index (χ1v) is 7.41. The average molecular weight is 363 g/mol. The highest BCUT2D eigenvalue weighted by Crippen LogP contribution is 2.31. The zero-order chi connectivity index (χ0) is 18.9. The molecule has 2 heterocycles. The van der Waals surface area contributed by atoms with Crippen LogP contribution in [0.4, 0.5) is 13.2 Å². The highest BCUT2D eigenvalue weighted by molar-refractivity contribution is 5.79. The molecule has 0 bridgehead atoms. The number of carbonyl (C=O) groups is 1. The Morgan fingerprint density at radius 3 is 2.46 bits per heavy atom. The number of benzene rings is 1. The number of hydrogen-bond acceptors (Lipinski definition) is 6. The van der Waals surface area contributed by atoms with Crippen molar-refractivity contribution in [1.82, 2.24) is 15.2 Å². The van der Waals surface area contributed by atoms with Gasteiger partial charge in [0.1, 0.15) is 5.56 Å². The molecule has 6 nitrogen and oxygen atoms in total. The van der Waals surface area contributed by atoms with Crippen LogP contribution in [-0.4, -0.2) is 27.3 Å². The molecule has 0 saturated heterocycles. The lowest BCUT2D eigenvalue weighted by atomic mass is 10.1. The number of alkyl halides is 3. The van der Waals surface area contributed by atoms with E-state index in [9.17, 15) is 18.0 Å².